The van der Waals surface area contributed by atoms with Crippen LogP contribution in [0.5, 0.6) is 0 Å². The number of carbonyl (C=O) groups is 2. The van der Waals surface area contributed by atoms with Crippen LogP contribution in [0.2, 0.25) is 58.9 Å². The zero-order chi connectivity index (χ0) is 35.5. The number of nitrogens with one attached hydrogen (secondary N) is 3. The summed E-state index contributed by atoms with van der Waals surface area (Å²) in [4.78, 5) is 22.3. The quantitative estimate of drug-likeness (QED) is 0.215. The molecule has 15 heteroatoms. The average molecular weight is 698 g/mol. The topological polar surface area (TPSA) is 157 Å². The van der Waals surface area contributed by atoms with Gasteiger partial charge >= 0.3 is 0 Å². The van der Waals surface area contributed by atoms with Crippen molar-refractivity contribution in [1.29, 1.82) is 0 Å². The molecule has 0 spiro atoms. The molecule has 2 amide bonds. The highest BCUT2D eigenvalue weighted by atomic mass is 28.4. The molecule has 0 saturated carbocycles. The van der Waals surface area contributed by atoms with Crippen molar-refractivity contribution in [3.8, 4) is 0 Å². The van der Waals surface area contributed by atoms with Crippen LogP contribution in [0, 0.1) is 17.8 Å². The fourth-order valence-corrected chi connectivity index (χ4v) is 15.1. The predicted octanol–water partition coefficient (Wildman–Crippen LogP) is 3.08. The van der Waals surface area contributed by atoms with Crippen LogP contribution in [0.1, 0.15) is 34.6 Å². The van der Waals surface area contributed by atoms with Crippen LogP contribution in [0.15, 0.2) is 0 Å². The smallest absolute Gasteiger partial charge is 0.217 e. The van der Waals surface area contributed by atoms with Crippen molar-refractivity contribution in [2.45, 2.75) is 137 Å². The molecule has 4 unspecified atom stereocenters. The van der Waals surface area contributed by atoms with Gasteiger partial charge in [-0.3, -0.25) is 9.59 Å². The number of hydrogen-bond acceptors (Lipinski definition) is 10. The molecule has 2 aliphatic heterocycles. The number of methoxy groups -OCH3 is 2. The van der Waals surface area contributed by atoms with Gasteiger partial charge in [0.1, 0.15) is 22.5 Å². The molecular formula is C30H67N3O9Si3. The highest BCUT2D eigenvalue weighted by Gasteiger charge is 2.44. The van der Waals surface area contributed by atoms with Crippen molar-refractivity contribution in [1.82, 2.24) is 15.3 Å². The Hall–Kier alpha value is -0.729. The van der Waals surface area contributed by atoms with E-state index in [2.05, 4.69) is 88.1 Å². The molecule has 2 aliphatic rings. The lowest BCUT2D eigenvalue weighted by atomic mass is 9.82. The Bertz CT molecular complexity index is 867. The number of hydrogen-bond donors (Lipinski definition) is 5. The van der Waals surface area contributed by atoms with Gasteiger partial charge in [0.2, 0.25) is 11.8 Å². The Balaban J connectivity index is 0.000000693. The van der Waals surface area contributed by atoms with Crippen molar-refractivity contribution in [3.05, 3.63) is 0 Å². The van der Waals surface area contributed by atoms with Crippen LogP contribution < -0.4 is 15.3 Å². The normalized spacial score (nSPS) is 32.3. The summed E-state index contributed by atoms with van der Waals surface area (Å²) >= 11 is 0. The minimum atomic E-state index is -1.56. The molecule has 0 bridgehead atoms. The molecule has 0 aliphatic carbocycles. The van der Waals surface area contributed by atoms with Crippen molar-refractivity contribution >= 4 is 36.6 Å². The molecule has 2 rings (SSSR count). The summed E-state index contributed by atoms with van der Waals surface area (Å²) in [5.74, 6) is -0.0171. The van der Waals surface area contributed by atoms with Gasteiger partial charge < -0.3 is 48.9 Å². The zero-order valence-electron chi connectivity index (χ0n) is 30.9. The summed E-state index contributed by atoms with van der Waals surface area (Å²) in [5.41, 5.74) is 0. The highest BCUT2D eigenvalue weighted by molar-refractivity contribution is 6.90. The van der Waals surface area contributed by atoms with E-state index in [-0.39, 0.29) is 42.4 Å². The molecule has 5 N–H and O–H groups in total. The second-order valence-electron chi connectivity index (χ2n) is 15.3. The van der Waals surface area contributed by atoms with E-state index in [9.17, 15) is 14.7 Å². The second-order valence-corrected chi connectivity index (χ2v) is 29.8. The zero-order valence-corrected chi connectivity index (χ0v) is 33.9. The molecule has 12 nitrogen and oxygen atoms in total. The Morgan fingerprint density at radius 3 is 1.49 bits per heavy atom. The van der Waals surface area contributed by atoms with E-state index < -0.39 is 55.6 Å². The molecular weight excluding hydrogens is 631 g/mol. The minimum absolute atomic E-state index is 0.00619. The third kappa shape index (κ3) is 17.3. The van der Waals surface area contributed by atoms with Crippen LogP contribution in [-0.2, 0) is 33.0 Å². The van der Waals surface area contributed by atoms with Crippen LogP contribution in [-0.4, -0.2) is 117 Å². The third-order valence-electron chi connectivity index (χ3n) is 7.49. The minimum Gasteiger partial charge on any atom is -0.415 e. The molecule has 10 atom stereocenters. The molecule has 0 radical (unpaired) electrons. The molecule has 0 aromatic carbocycles. The highest BCUT2D eigenvalue weighted by Crippen LogP contribution is 2.32. The Kier molecular flexibility index (Phi) is 19.0. The Labute approximate surface area is 276 Å². The first-order chi connectivity index (χ1) is 20.4. The predicted molar refractivity (Wildman–Crippen MR) is 186 cm³/mol. The van der Waals surface area contributed by atoms with E-state index in [4.69, 9.17) is 28.5 Å². The summed E-state index contributed by atoms with van der Waals surface area (Å²) in [6.07, 6.45) is -2.44. The van der Waals surface area contributed by atoms with Crippen molar-refractivity contribution in [2.75, 3.05) is 27.4 Å². The van der Waals surface area contributed by atoms with Crippen LogP contribution in [0.3, 0.4) is 0 Å². The van der Waals surface area contributed by atoms with E-state index in [1.54, 1.807) is 14.0 Å². The van der Waals surface area contributed by atoms with E-state index >= 15 is 0 Å². The van der Waals surface area contributed by atoms with Gasteiger partial charge in [0.25, 0.3) is 0 Å². The fraction of sp³-hybridized carbons (Fsp3) is 0.933. The molecule has 2 fully saturated rings. The second kappa shape index (κ2) is 19.3. The molecule has 268 valence electrons. The number of amides is 2. The Morgan fingerprint density at radius 2 is 1.13 bits per heavy atom. The van der Waals surface area contributed by atoms with Crippen molar-refractivity contribution < 1.29 is 43.2 Å². The number of rotatable bonds is 10. The van der Waals surface area contributed by atoms with Crippen molar-refractivity contribution in [3.63, 3.8) is 0 Å². The SMILES string of the molecule is CO[C@@H]1OC(CO)[C@@H](C)[C@H](O)C1NC(C)=O.CO[C@@H]1OC(CO[Si](C)(C)C)[C@@H](C)[C@H](C)C1NC(C)=O.C[Si](C)(C)N[Si](C)(C)C. The third-order valence-corrected chi connectivity index (χ3v) is 14.5. The van der Waals surface area contributed by atoms with Gasteiger partial charge in [-0.2, -0.15) is 0 Å². The molecule has 2 saturated heterocycles. The van der Waals surface area contributed by atoms with Gasteiger partial charge in [-0.05, 0) is 31.5 Å². The summed E-state index contributed by atoms with van der Waals surface area (Å²) in [6, 6.07) is -0.726. The summed E-state index contributed by atoms with van der Waals surface area (Å²) < 4.78 is 31.6. The summed E-state index contributed by atoms with van der Waals surface area (Å²) in [7, 11) is -0.484. The van der Waals surface area contributed by atoms with E-state index in [0.29, 0.717) is 12.5 Å². The molecule has 45 heavy (non-hydrogen) atoms. The van der Waals surface area contributed by atoms with E-state index in [1.807, 2.05) is 0 Å². The lowest BCUT2D eigenvalue weighted by molar-refractivity contribution is -0.245. The largest absolute Gasteiger partial charge is 0.415 e. The van der Waals surface area contributed by atoms with Gasteiger partial charge in [0.15, 0.2) is 20.9 Å². The maximum absolute atomic E-state index is 11.3. The van der Waals surface area contributed by atoms with Gasteiger partial charge in [-0.15, -0.1) is 0 Å². The molecule has 0 aromatic rings. The van der Waals surface area contributed by atoms with Gasteiger partial charge in [0, 0.05) is 34.0 Å². The van der Waals surface area contributed by atoms with Crippen LogP contribution in [0.4, 0.5) is 0 Å². The summed E-state index contributed by atoms with van der Waals surface area (Å²) in [5, 5.41) is 24.6. The fourth-order valence-electron chi connectivity index (χ4n) is 5.47. The van der Waals surface area contributed by atoms with Gasteiger partial charge in [-0.1, -0.05) is 60.1 Å². The van der Waals surface area contributed by atoms with Gasteiger partial charge in [0.05, 0.1) is 37.6 Å². The monoisotopic (exact) mass is 697 g/mol. The Morgan fingerprint density at radius 1 is 0.711 bits per heavy atom. The number of ether oxygens (including phenoxy) is 4. The standard InChI is InChI=1S/C14H29NO4Si.C10H19NO5.C6H19NSi2/c1-9-10(2)13(15-11(3)16)14(17-4)19-12(9)8-18-20(5,6)7;1-5-7(4-12)16-10(15-3)8(9(5)14)11-6(2)13;1-8(2,3)7-9(4,5)6/h9-10,12-14H,8H2,1-7H3,(H,15,16);5,7-10,12,14H,4H2,1-3H3,(H,11,13);7H,1-6H3/t9-,10-,12?,13?,14+;5-,7?,8?,9+,10-;/m01./s1. The number of carbonyl (C=O) groups excluding carboxylic acids is 2. The van der Waals surface area contributed by atoms with Gasteiger partial charge in [-0.25, -0.2) is 0 Å². The number of aliphatic hydroxyl groups excluding tert-OH is 2. The van der Waals surface area contributed by atoms with E-state index in [0.717, 1.165) is 0 Å². The maximum atomic E-state index is 11.3. The lowest BCUT2D eigenvalue weighted by Crippen LogP contribution is -2.61. The molecule has 0 aromatic heterocycles. The number of aliphatic hydroxyl groups is 2. The van der Waals surface area contributed by atoms with Crippen LogP contribution in [0.25, 0.3) is 0 Å². The maximum Gasteiger partial charge on any atom is 0.217 e. The average Bonchev–Trinajstić information content (AvgIpc) is 2.87. The first-order valence-corrected chi connectivity index (χ1v) is 26.4. The first kappa shape index (κ1) is 44.3. The van der Waals surface area contributed by atoms with Crippen molar-refractivity contribution in [2.24, 2.45) is 17.8 Å². The summed E-state index contributed by atoms with van der Waals surface area (Å²) in [6.45, 7) is 29.9. The van der Waals surface area contributed by atoms with Crippen LogP contribution >= 0.6 is 0 Å². The first-order valence-electron chi connectivity index (χ1n) is 16.0. The lowest BCUT2D eigenvalue weighted by Gasteiger charge is -2.44. The van der Waals surface area contributed by atoms with E-state index in [1.165, 1.54) is 21.0 Å². The molecule has 2 heterocycles.